The highest BCUT2D eigenvalue weighted by Gasteiger charge is 2.30. The van der Waals surface area contributed by atoms with Crippen molar-refractivity contribution in [2.45, 2.75) is 18.9 Å². The normalized spacial score (nSPS) is 23.2. The summed E-state index contributed by atoms with van der Waals surface area (Å²) in [6.45, 7) is 1.97. The standard InChI is InChI=1S/C11H14N2O2/c14-10-4-8-9(5-11(10)15)13-3-1-2-7(13)6-12-8/h4-5,7,12,14-15H,1-3,6H2. The molecule has 0 radical (unpaired) electrons. The number of benzene rings is 1. The van der Waals surface area contributed by atoms with Crippen LogP contribution in [0.2, 0.25) is 0 Å². The monoisotopic (exact) mass is 206 g/mol. The first-order valence-corrected chi connectivity index (χ1v) is 5.32. The summed E-state index contributed by atoms with van der Waals surface area (Å²) in [5.41, 5.74) is 1.93. The van der Waals surface area contributed by atoms with E-state index >= 15 is 0 Å². The smallest absolute Gasteiger partial charge is 0.159 e. The minimum Gasteiger partial charge on any atom is -0.504 e. The Morgan fingerprint density at radius 3 is 2.93 bits per heavy atom. The molecule has 15 heavy (non-hydrogen) atoms. The molecule has 1 unspecified atom stereocenters. The molecule has 0 spiro atoms. The number of rotatable bonds is 0. The zero-order valence-electron chi connectivity index (χ0n) is 8.40. The van der Waals surface area contributed by atoms with Crippen molar-refractivity contribution in [2.24, 2.45) is 0 Å². The van der Waals surface area contributed by atoms with Crippen LogP contribution in [0.25, 0.3) is 0 Å². The number of hydrogen-bond donors (Lipinski definition) is 3. The van der Waals surface area contributed by atoms with Crippen molar-refractivity contribution in [3.8, 4) is 11.5 Å². The second-order valence-corrected chi connectivity index (χ2v) is 4.23. The predicted octanol–water partition coefficient (Wildman–Crippen LogP) is 1.49. The van der Waals surface area contributed by atoms with Gasteiger partial charge in [-0.3, -0.25) is 0 Å². The minimum absolute atomic E-state index is 0.0388. The van der Waals surface area contributed by atoms with Gasteiger partial charge in [-0.25, -0.2) is 0 Å². The van der Waals surface area contributed by atoms with E-state index in [0.717, 1.165) is 24.5 Å². The number of fused-ring (bicyclic) bond motifs is 3. The van der Waals surface area contributed by atoms with E-state index in [1.165, 1.54) is 12.8 Å². The van der Waals surface area contributed by atoms with Crippen molar-refractivity contribution >= 4 is 11.4 Å². The lowest BCUT2D eigenvalue weighted by molar-refractivity contribution is 0.403. The van der Waals surface area contributed by atoms with E-state index in [0.29, 0.717) is 6.04 Å². The molecule has 1 saturated heterocycles. The first kappa shape index (κ1) is 8.71. The van der Waals surface area contributed by atoms with E-state index in [4.69, 9.17) is 0 Å². The van der Waals surface area contributed by atoms with Crippen LogP contribution in [0.4, 0.5) is 11.4 Å². The fourth-order valence-corrected chi connectivity index (χ4v) is 2.54. The van der Waals surface area contributed by atoms with Crippen LogP contribution in [0.1, 0.15) is 12.8 Å². The van der Waals surface area contributed by atoms with E-state index in [-0.39, 0.29) is 11.5 Å². The second kappa shape index (κ2) is 2.95. The molecule has 2 aliphatic rings. The zero-order valence-corrected chi connectivity index (χ0v) is 8.40. The first-order valence-electron chi connectivity index (χ1n) is 5.32. The van der Waals surface area contributed by atoms with Crippen LogP contribution in [-0.2, 0) is 0 Å². The Kier molecular flexibility index (Phi) is 1.71. The zero-order chi connectivity index (χ0) is 10.4. The molecule has 2 aliphatic heterocycles. The van der Waals surface area contributed by atoms with Crippen LogP contribution in [0.3, 0.4) is 0 Å². The molecule has 1 atom stereocenters. The number of nitrogens with zero attached hydrogens (tertiary/aromatic N) is 1. The molecular formula is C11H14N2O2. The first-order chi connectivity index (χ1) is 7.25. The Morgan fingerprint density at radius 2 is 2.07 bits per heavy atom. The Bertz CT molecular complexity index is 406. The molecule has 2 heterocycles. The summed E-state index contributed by atoms with van der Waals surface area (Å²) in [5, 5.41) is 22.2. The number of hydrogen-bond acceptors (Lipinski definition) is 4. The van der Waals surface area contributed by atoms with Crippen molar-refractivity contribution in [1.29, 1.82) is 0 Å². The topological polar surface area (TPSA) is 55.7 Å². The van der Waals surface area contributed by atoms with Crippen molar-refractivity contribution in [3.63, 3.8) is 0 Å². The molecule has 4 heteroatoms. The summed E-state index contributed by atoms with van der Waals surface area (Å²) >= 11 is 0. The maximum absolute atomic E-state index is 9.49. The molecule has 1 aromatic carbocycles. The minimum atomic E-state index is -0.0566. The van der Waals surface area contributed by atoms with Gasteiger partial charge in [0.25, 0.3) is 0 Å². The van der Waals surface area contributed by atoms with Crippen LogP contribution in [0.5, 0.6) is 11.5 Å². The number of aromatic hydroxyl groups is 2. The molecule has 0 bridgehead atoms. The lowest BCUT2D eigenvalue weighted by atomic mass is 10.1. The van der Waals surface area contributed by atoms with Gasteiger partial charge in [0.05, 0.1) is 11.4 Å². The van der Waals surface area contributed by atoms with Crippen LogP contribution in [0, 0.1) is 0 Å². The van der Waals surface area contributed by atoms with Gasteiger partial charge in [-0.15, -0.1) is 0 Å². The van der Waals surface area contributed by atoms with Crippen LogP contribution in [0.15, 0.2) is 12.1 Å². The van der Waals surface area contributed by atoms with Gasteiger partial charge in [-0.1, -0.05) is 0 Å². The third-order valence-corrected chi connectivity index (χ3v) is 3.31. The lowest BCUT2D eigenvalue weighted by Gasteiger charge is -2.34. The molecule has 1 aromatic rings. The maximum atomic E-state index is 9.49. The molecule has 80 valence electrons. The van der Waals surface area contributed by atoms with Gasteiger partial charge < -0.3 is 20.4 Å². The highest BCUT2D eigenvalue weighted by atomic mass is 16.3. The fraction of sp³-hybridized carbons (Fsp3) is 0.455. The third-order valence-electron chi connectivity index (χ3n) is 3.31. The Labute approximate surface area is 88.1 Å². The summed E-state index contributed by atoms with van der Waals surface area (Å²) in [6.07, 6.45) is 2.40. The molecule has 3 N–H and O–H groups in total. The lowest BCUT2D eigenvalue weighted by Crippen LogP contribution is -2.39. The predicted molar refractivity (Wildman–Crippen MR) is 58.6 cm³/mol. The van der Waals surface area contributed by atoms with E-state index in [1.54, 1.807) is 12.1 Å². The van der Waals surface area contributed by atoms with Gasteiger partial charge in [0, 0.05) is 31.3 Å². The van der Waals surface area contributed by atoms with Gasteiger partial charge in [-0.05, 0) is 12.8 Å². The van der Waals surface area contributed by atoms with Gasteiger partial charge in [0.1, 0.15) is 0 Å². The molecule has 0 amide bonds. The van der Waals surface area contributed by atoms with Crippen LogP contribution in [-0.4, -0.2) is 29.3 Å². The van der Waals surface area contributed by atoms with Crippen molar-refractivity contribution in [1.82, 2.24) is 0 Å². The SMILES string of the molecule is Oc1cc2c(cc1O)N1CCCC1CN2. The largest absolute Gasteiger partial charge is 0.504 e. The molecule has 3 rings (SSSR count). The summed E-state index contributed by atoms with van der Waals surface area (Å²) in [7, 11) is 0. The number of anilines is 2. The maximum Gasteiger partial charge on any atom is 0.159 e. The average molecular weight is 206 g/mol. The van der Waals surface area contributed by atoms with E-state index in [2.05, 4.69) is 10.2 Å². The van der Waals surface area contributed by atoms with E-state index in [9.17, 15) is 10.2 Å². The third kappa shape index (κ3) is 1.21. The highest BCUT2D eigenvalue weighted by Crippen LogP contribution is 2.42. The fourth-order valence-electron chi connectivity index (χ4n) is 2.54. The molecule has 0 saturated carbocycles. The van der Waals surface area contributed by atoms with E-state index < -0.39 is 0 Å². The molecular weight excluding hydrogens is 192 g/mol. The van der Waals surface area contributed by atoms with Crippen LogP contribution >= 0.6 is 0 Å². The molecule has 0 aromatic heterocycles. The highest BCUT2D eigenvalue weighted by molar-refractivity contribution is 5.77. The van der Waals surface area contributed by atoms with Gasteiger partial charge >= 0.3 is 0 Å². The molecule has 1 fully saturated rings. The van der Waals surface area contributed by atoms with Gasteiger partial charge in [0.15, 0.2) is 11.5 Å². The number of phenols is 2. The number of nitrogens with one attached hydrogen (secondary N) is 1. The quantitative estimate of drug-likeness (QED) is 0.444. The van der Waals surface area contributed by atoms with E-state index in [1.807, 2.05) is 0 Å². The number of phenolic OH excluding ortho intramolecular Hbond substituents is 2. The summed E-state index contributed by atoms with van der Waals surface area (Å²) in [6, 6.07) is 3.79. The summed E-state index contributed by atoms with van der Waals surface area (Å²) in [5.74, 6) is -0.0954. The van der Waals surface area contributed by atoms with Crippen molar-refractivity contribution < 1.29 is 10.2 Å². The van der Waals surface area contributed by atoms with Gasteiger partial charge in [-0.2, -0.15) is 0 Å². The van der Waals surface area contributed by atoms with Crippen LogP contribution < -0.4 is 10.2 Å². The average Bonchev–Trinajstić information content (AvgIpc) is 2.68. The summed E-state index contributed by atoms with van der Waals surface area (Å²) < 4.78 is 0. The Morgan fingerprint density at radius 1 is 1.27 bits per heavy atom. The Balaban J connectivity index is 2.09. The Hall–Kier alpha value is -1.58. The molecule has 0 aliphatic carbocycles. The molecule has 4 nitrogen and oxygen atoms in total. The van der Waals surface area contributed by atoms with Gasteiger partial charge in [0.2, 0.25) is 0 Å². The van der Waals surface area contributed by atoms with Crippen molar-refractivity contribution in [2.75, 3.05) is 23.3 Å². The van der Waals surface area contributed by atoms with Crippen molar-refractivity contribution in [3.05, 3.63) is 12.1 Å². The summed E-state index contributed by atoms with van der Waals surface area (Å²) in [4.78, 5) is 2.31. The second-order valence-electron chi connectivity index (χ2n) is 4.23.